The van der Waals surface area contributed by atoms with Crippen molar-refractivity contribution >= 4 is 22.5 Å². The second-order valence-electron chi connectivity index (χ2n) is 8.99. The molecular weight excluding hydrogens is 456 g/mol. The number of hydrogen-bond acceptors (Lipinski definition) is 4. The van der Waals surface area contributed by atoms with Crippen LogP contribution >= 0.6 is 11.6 Å². The van der Waals surface area contributed by atoms with Crippen molar-refractivity contribution in [2.24, 2.45) is 0 Å². The van der Waals surface area contributed by atoms with Gasteiger partial charge < -0.3 is 4.74 Å². The smallest absolute Gasteiger partial charge is 0.119 e. The first-order valence-electron chi connectivity index (χ1n) is 11.9. The molecule has 5 nitrogen and oxygen atoms in total. The second-order valence-corrected chi connectivity index (χ2v) is 9.43. The van der Waals surface area contributed by atoms with Crippen LogP contribution < -0.4 is 0 Å². The highest BCUT2D eigenvalue weighted by Gasteiger charge is 2.31. The molecule has 0 saturated heterocycles. The Labute approximate surface area is 209 Å². The van der Waals surface area contributed by atoms with Gasteiger partial charge in [-0.15, -0.1) is 0 Å². The van der Waals surface area contributed by atoms with E-state index in [0.717, 1.165) is 52.0 Å². The van der Waals surface area contributed by atoms with Gasteiger partial charge >= 0.3 is 0 Å². The summed E-state index contributed by atoms with van der Waals surface area (Å²) in [6.07, 6.45) is 3.78. The van der Waals surface area contributed by atoms with Crippen molar-refractivity contribution in [2.75, 3.05) is 6.61 Å². The van der Waals surface area contributed by atoms with Crippen LogP contribution in [0.2, 0.25) is 5.02 Å². The molecular formula is C29H25ClN4O. The van der Waals surface area contributed by atoms with Crippen molar-refractivity contribution in [3.63, 3.8) is 0 Å². The van der Waals surface area contributed by atoms with E-state index in [0.29, 0.717) is 18.2 Å². The van der Waals surface area contributed by atoms with E-state index in [2.05, 4.69) is 27.9 Å². The molecule has 1 atom stereocenters. The van der Waals surface area contributed by atoms with Gasteiger partial charge in [-0.1, -0.05) is 54.1 Å². The number of rotatable bonds is 6. The largest absolute Gasteiger partial charge is 0.375 e. The van der Waals surface area contributed by atoms with Crippen LogP contribution in [0.1, 0.15) is 29.4 Å². The highest BCUT2D eigenvalue weighted by atomic mass is 35.5. The monoisotopic (exact) mass is 480 g/mol. The average Bonchev–Trinajstić information content (AvgIpc) is 3.44. The van der Waals surface area contributed by atoms with Gasteiger partial charge in [0.25, 0.3) is 0 Å². The Morgan fingerprint density at radius 1 is 1.03 bits per heavy atom. The Kier molecular flexibility index (Phi) is 5.80. The van der Waals surface area contributed by atoms with Crippen LogP contribution in [0.25, 0.3) is 33.4 Å². The van der Waals surface area contributed by atoms with Gasteiger partial charge in [-0.25, -0.2) is 0 Å². The molecule has 0 bridgehead atoms. The van der Waals surface area contributed by atoms with E-state index >= 15 is 0 Å². The van der Waals surface area contributed by atoms with Gasteiger partial charge in [-0.3, -0.25) is 14.6 Å². The van der Waals surface area contributed by atoms with Crippen LogP contribution in [0.15, 0.2) is 79.0 Å². The zero-order valence-electron chi connectivity index (χ0n) is 19.5. The third-order valence-corrected chi connectivity index (χ3v) is 6.83. The number of benzene rings is 2. The van der Waals surface area contributed by atoms with Gasteiger partial charge in [-0.2, -0.15) is 5.10 Å². The summed E-state index contributed by atoms with van der Waals surface area (Å²) in [5.74, 6) is 0. The molecule has 4 heterocycles. The molecule has 0 radical (unpaired) electrons. The van der Waals surface area contributed by atoms with Gasteiger partial charge in [0.15, 0.2) is 0 Å². The molecule has 0 spiro atoms. The van der Waals surface area contributed by atoms with Crippen LogP contribution in [-0.2, 0) is 17.8 Å². The molecule has 0 amide bonds. The van der Waals surface area contributed by atoms with Gasteiger partial charge in [-0.05, 0) is 61.2 Å². The summed E-state index contributed by atoms with van der Waals surface area (Å²) in [6, 6.07) is 24.5. The predicted octanol–water partition coefficient (Wildman–Crippen LogP) is 6.83. The fraction of sp³-hybridized carbons (Fsp3) is 0.207. The number of halogens is 1. The maximum Gasteiger partial charge on any atom is 0.119 e. The third kappa shape index (κ3) is 4.22. The Bertz CT molecular complexity index is 1510. The van der Waals surface area contributed by atoms with Gasteiger partial charge in [0.05, 0.1) is 30.5 Å². The molecule has 0 N–H and O–H groups in total. The summed E-state index contributed by atoms with van der Waals surface area (Å²) in [7, 11) is 0. The number of nitrogens with zero attached hydrogens (tertiary/aromatic N) is 4. The molecule has 1 aliphatic rings. The first-order valence-corrected chi connectivity index (χ1v) is 12.3. The van der Waals surface area contributed by atoms with E-state index in [1.807, 2.05) is 67.7 Å². The lowest BCUT2D eigenvalue weighted by Gasteiger charge is -2.12. The van der Waals surface area contributed by atoms with Crippen molar-refractivity contribution in [1.29, 1.82) is 0 Å². The fourth-order valence-electron chi connectivity index (χ4n) is 4.95. The normalized spacial score (nSPS) is 15.0. The van der Waals surface area contributed by atoms with Crippen molar-refractivity contribution in [3.05, 3.63) is 101 Å². The topological polar surface area (TPSA) is 52.8 Å². The van der Waals surface area contributed by atoms with E-state index in [1.54, 1.807) is 0 Å². The number of aryl methyl sites for hydroxylation is 1. The number of fused-ring (bicyclic) bond motifs is 2. The highest BCUT2D eigenvalue weighted by Crippen LogP contribution is 2.42. The number of pyridine rings is 2. The van der Waals surface area contributed by atoms with E-state index in [9.17, 15) is 0 Å². The van der Waals surface area contributed by atoms with Gasteiger partial charge in [0.1, 0.15) is 5.69 Å². The molecule has 3 aromatic heterocycles. The first kappa shape index (κ1) is 22.0. The zero-order chi connectivity index (χ0) is 23.8. The summed E-state index contributed by atoms with van der Waals surface area (Å²) in [6.45, 7) is 3.23. The molecule has 0 unspecified atom stereocenters. The van der Waals surface area contributed by atoms with E-state index in [1.165, 1.54) is 11.3 Å². The summed E-state index contributed by atoms with van der Waals surface area (Å²) < 4.78 is 8.29. The molecule has 174 valence electrons. The maximum atomic E-state index is 6.27. The molecule has 1 aliphatic heterocycles. The first-order chi connectivity index (χ1) is 17.2. The highest BCUT2D eigenvalue weighted by molar-refractivity contribution is 6.31. The van der Waals surface area contributed by atoms with E-state index < -0.39 is 0 Å². The zero-order valence-corrected chi connectivity index (χ0v) is 20.2. The van der Waals surface area contributed by atoms with E-state index in [-0.39, 0.29) is 6.04 Å². The van der Waals surface area contributed by atoms with Crippen molar-refractivity contribution in [3.8, 4) is 22.5 Å². The van der Waals surface area contributed by atoms with Crippen LogP contribution in [0.4, 0.5) is 0 Å². The molecule has 0 aliphatic carbocycles. The van der Waals surface area contributed by atoms with Crippen LogP contribution in [0.3, 0.4) is 0 Å². The SMILES string of the molecule is Cc1cccc(-c2nn3c(c2-c2ccnc4cc(Cl)ccc24)CC[C@H]3COCc2ccccc2)n1. The summed E-state index contributed by atoms with van der Waals surface area (Å²) in [5, 5.41) is 6.88. The minimum absolute atomic E-state index is 0.188. The number of aromatic nitrogens is 4. The predicted molar refractivity (Wildman–Crippen MR) is 139 cm³/mol. The number of hydrogen-bond donors (Lipinski definition) is 0. The molecule has 0 fully saturated rings. The van der Waals surface area contributed by atoms with Crippen molar-refractivity contribution < 1.29 is 4.74 Å². The summed E-state index contributed by atoms with van der Waals surface area (Å²) in [5.41, 5.74) is 8.26. The molecule has 6 heteroatoms. The lowest BCUT2D eigenvalue weighted by molar-refractivity contribution is 0.0889. The van der Waals surface area contributed by atoms with Crippen LogP contribution in [-0.4, -0.2) is 26.4 Å². The Balaban J connectivity index is 1.43. The standard InChI is InChI=1S/C29H25ClN4O/c1-19-6-5-9-25(32-19)29-28(24-14-15-31-26-16-21(30)10-12-23(24)26)27-13-11-22(34(27)33-29)18-35-17-20-7-3-2-4-8-20/h2-10,12,14-16,22H,11,13,17-18H2,1H3/t22-/m0/s1. The maximum absolute atomic E-state index is 6.27. The number of ether oxygens (including phenoxy) is 1. The van der Waals surface area contributed by atoms with Crippen LogP contribution in [0.5, 0.6) is 0 Å². The van der Waals surface area contributed by atoms with Gasteiger partial charge in [0, 0.05) is 33.6 Å². The molecule has 2 aromatic carbocycles. The minimum Gasteiger partial charge on any atom is -0.375 e. The molecule has 6 rings (SSSR count). The third-order valence-electron chi connectivity index (χ3n) is 6.60. The molecule has 35 heavy (non-hydrogen) atoms. The second kappa shape index (κ2) is 9.25. The lowest BCUT2D eigenvalue weighted by Crippen LogP contribution is -2.13. The Morgan fingerprint density at radius 2 is 1.91 bits per heavy atom. The average molecular weight is 481 g/mol. The lowest BCUT2D eigenvalue weighted by atomic mass is 9.96. The molecule has 5 aromatic rings. The minimum atomic E-state index is 0.188. The Hall–Kier alpha value is -3.54. The van der Waals surface area contributed by atoms with E-state index in [4.69, 9.17) is 26.4 Å². The Morgan fingerprint density at radius 3 is 2.77 bits per heavy atom. The fourth-order valence-corrected chi connectivity index (χ4v) is 5.12. The summed E-state index contributed by atoms with van der Waals surface area (Å²) >= 11 is 6.27. The van der Waals surface area contributed by atoms with Crippen molar-refractivity contribution in [1.82, 2.24) is 19.7 Å². The molecule has 0 saturated carbocycles. The van der Waals surface area contributed by atoms with Crippen molar-refractivity contribution in [2.45, 2.75) is 32.4 Å². The van der Waals surface area contributed by atoms with Gasteiger partial charge in [0.2, 0.25) is 0 Å². The quantitative estimate of drug-likeness (QED) is 0.267. The van der Waals surface area contributed by atoms with Crippen LogP contribution in [0, 0.1) is 6.92 Å². The summed E-state index contributed by atoms with van der Waals surface area (Å²) in [4.78, 5) is 9.38.